The van der Waals surface area contributed by atoms with E-state index in [4.69, 9.17) is 16.3 Å². The molecule has 0 bridgehead atoms. The molecule has 0 aliphatic heterocycles. The second-order valence-corrected chi connectivity index (χ2v) is 5.71. The second kappa shape index (κ2) is 7.28. The van der Waals surface area contributed by atoms with Crippen LogP contribution in [0.5, 0.6) is 5.75 Å². The minimum Gasteiger partial charge on any atom is -0.488 e. The van der Waals surface area contributed by atoms with Crippen LogP contribution in [0.3, 0.4) is 0 Å². The van der Waals surface area contributed by atoms with E-state index >= 15 is 0 Å². The molecule has 3 aromatic rings. The van der Waals surface area contributed by atoms with Gasteiger partial charge in [-0.05, 0) is 41.5 Å². The van der Waals surface area contributed by atoms with Crippen molar-refractivity contribution in [3.63, 3.8) is 0 Å². The van der Waals surface area contributed by atoms with Gasteiger partial charge in [0.15, 0.2) is 6.29 Å². The molecule has 0 N–H and O–H groups in total. The van der Waals surface area contributed by atoms with Crippen molar-refractivity contribution >= 4 is 17.9 Å². The maximum Gasteiger partial charge on any atom is 0.153 e. The van der Waals surface area contributed by atoms with E-state index in [-0.39, 0.29) is 0 Å². The fraction of sp³-hybridized carbons (Fsp3) is 0.0500. The Bertz CT molecular complexity index is 863. The Kier molecular flexibility index (Phi) is 4.92. The number of hydrogen-bond donors (Lipinski definition) is 0. The lowest BCUT2D eigenvalue weighted by atomic mass is 10.0. The first-order chi connectivity index (χ1) is 11.7. The average molecular weight is 341 g/mol. The number of carbonyl (C=O) groups is 1. The van der Waals surface area contributed by atoms with E-state index in [0.717, 1.165) is 5.56 Å². The van der Waals surface area contributed by atoms with Crippen LogP contribution in [0.4, 0.5) is 4.39 Å². The van der Waals surface area contributed by atoms with Gasteiger partial charge in [0, 0.05) is 10.6 Å². The molecule has 2 nitrogen and oxygen atoms in total. The third kappa shape index (κ3) is 3.63. The van der Waals surface area contributed by atoms with Gasteiger partial charge in [0.1, 0.15) is 18.2 Å². The van der Waals surface area contributed by atoms with E-state index < -0.39 is 5.82 Å². The van der Waals surface area contributed by atoms with Crippen molar-refractivity contribution in [2.75, 3.05) is 0 Å². The van der Waals surface area contributed by atoms with Gasteiger partial charge in [-0.2, -0.15) is 0 Å². The number of ether oxygens (including phenoxy) is 1. The van der Waals surface area contributed by atoms with Crippen molar-refractivity contribution in [1.29, 1.82) is 0 Å². The summed E-state index contributed by atoms with van der Waals surface area (Å²) in [6, 6.07) is 19.1. The number of benzene rings is 3. The molecule has 0 heterocycles. The molecule has 4 heteroatoms. The number of halogens is 2. The van der Waals surface area contributed by atoms with Gasteiger partial charge in [0.2, 0.25) is 0 Å². The summed E-state index contributed by atoms with van der Waals surface area (Å²) in [5.41, 5.74) is 2.36. The summed E-state index contributed by atoms with van der Waals surface area (Å²) in [6.07, 6.45) is 0.706. The van der Waals surface area contributed by atoms with Gasteiger partial charge in [-0.15, -0.1) is 0 Å². The van der Waals surface area contributed by atoms with Crippen LogP contribution in [0.1, 0.15) is 15.9 Å². The van der Waals surface area contributed by atoms with Crippen molar-refractivity contribution in [3.8, 4) is 16.9 Å². The molecule has 3 rings (SSSR count). The first kappa shape index (κ1) is 16.2. The van der Waals surface area contributed by atoms with Crippen molar-refractivity contribution in [3.05, 3.63) is 88.7 Å². The summed E-state index contributed by atoms with van der Waals surface area (Å²) in [5.74, 6) is 0.0317. The zero-order valence-electron chi connectivity index (χ0n) is 12.7. The fourth-order valence-electron chi connectivity index (χ4n) is 2.40. The number of rotatable bonds is 5. The van der Waals surface area contributed by atoms with Crippen LogP contribution in [0.25, 0.3) is 11.1 Å². The van der Waals surface area contributed by atoms with Crippen LogP contribution in [-0.4, -0.2) is 6.29 Å². The van der Waals surface area contributed by atoms with Crippen molar-refractivity contribution in [2.24, 2.45) is 0 Å². The Labute approximate surface area is 144 Å². The molecule has 24 heavy (non-hydrogen) atoms. The van der Waals surface area contributed by atoms with Gasteiger partial charge in [0.25, 0.3) is 0 Å². The maximum absolute atomic E-state index is 14.0. The van der Waals surface area contributed by atoms with Crippen molar-refractivity contribution in [2.45, 2.75) is 6.61 Å². The van der Waals surface area contributed by atoms with Crippen LogP contribution in [0.2, 0.25) is 5.02 Å². The predicted molar refractivity (Wildman–Crippen MR) is 93.0 cm³/mol. The minimum atomic E-state index is -0.433. The Hall–Kier alpha value is -2.65. The van der Waals surface area contributed by atoms with E-state index in [1.165, 1.54) is 6.07 Å². The standard InChI is InChI=1S/C20H14ClFO2/c21-17-7-8-18(19(22)11-17)15-6-9-20(16(10-15)12-23)24-13-14-4-2-1-3-5-14/h1-12H,13H2. The van der Waals surface area contributed by atoms with Gasteiger partial charge in [-0.3, -0.25) is 4.79 Å². The summed E-state index contributed by atoms with van der Waals surface area (Å²) >= 11 is 5.77. The lowest BCUT2D eigenvalue weighted by molar-refractivity contribution is 0.111. The molecule has 0 atom stereocenters. The molecule has 0 amide bonds. The van der Waals surface area contributed by atoms with Crippen LogP contribution in [0.15, 0.2) is 66.7 Å². The molecule has 0 radical (unpaired) electrons. The molecule has 3 aromatic carbocycles. The Balaban J connectivity index is 1.86. The largest absolute Gasteiger partial charge is 0.488 e. The Morgan fingerprint density at radius 1 is 1.00 bits per heavy atom. The highest BCUT2D eigenvalue weighted by Gasteiger charge is 2.10. The van der Waals surface area contributed by atoms with E-state index in [1.54, 1.807) is 30.3 Å². The van der Waals surface area contributed by atoms with Crippen LogP contribution in [-0.2, 0) is 6.61 Å². The van der Waals surface area contributed by atoms with E-state index in [0.29, 0.717) is 40.4 Å². The SMILES string of the molecule is O=Cc1cc(-c2ccc(Cl)cc2F)ccc1OCc1ccccc1. The Morgan fingerprint density at radius 3 is 2.50 bits per heavy atom. The maximum atomic E-state index is 14.0. The summed E-state index contributed by atoms with van der Waals surface area (Å²) < 4.78 is 19.7. The zero-order chi connectivity index (χ0) is 16.9. The molecule has 0 saturated carbocycles. The predicted octanol–water partition coefficient (Wildman–Crippen LogP) is 5.54. The topological polar surface area (TPSA) is 26.3 Å². The first-order valence-electron chi connectivity index (χ1n) is 7.39. The summed E-state index contributed by atoms with van der Waals surface area (Å²) in [6.45, 7) is 0.357. The molecular formula is C20H14ClFO2. The van der Waals surface area contributed by atoms with Gasteiger partial charge in [0.05, 0.1) is 5.56 Å². The number of carbonyl (C=O) groups excluding carboxylic acids is 1. The molecule has 0 aromatic heterocycles. The minimum absolute atomic E-state index is 0.328. The third-order valence-corrected chi connectivity index (χ3v) is 3.85. The first-order valence-corrected chi connectivity index (χ1v) is 7.76. The van der Waals surface area contributed by atoms with Gasteiger partial charge < -0.3 is 4.74 Å². The normalized spacial score (nSPS) is 10.4. The molecule has 0 spiro atoms. The van der Waals surface area contributed by atoms with Gasteiger partial charge in [-0.1, -0.05) is 48.0 Å². The molecule has 120 valence electrons. The monoisotopic (exact) mass is 340 g/mol. The highest BCUT2D eigenvalue weighted by molar-refractivity contribution is 6.30. The van der Waals surface area contributed by atoms with Crippen molar-refractivity contribution < 1.29 is 13.9 Å². The lowest BCUT2D eigenvalue weighted by Crippen LogP contribution is -1.98. The van der Waals surface area contributed by atoms with Crippen molar-refractivity contribution in [1.82, 2.24) is 0 Å². The molecule has 0 aliphatic carbocycles. The lowest BCUT2D eigenvalue weighted by Gasteiger charge is -2.11. The summed E-state index contributed by atoms with van der Waals surface area (Å²) in [5, 5.41) is 0.328. The van der Waals surface area contributed by atoms with Gasteiger partial charge in [-0.25, -0.2) is 4.39 Å². The highest BCUT2D eigenvalue weighted by Crippen LogP contribution is 2.29. The van der Waals surface area contributed by atoms with Gasteiger partial charge >= 0.3 is 0 Å². The van der Waals surface area contributed by atoms with E-state index in [1.807, 2.05) is 30.3 Å². The fourth-order valence-corrected chi connectivity index (χ4v) is 2.56. The summed E-state index contributed by atoms with van der Waals surface area (Å²) in [4.78, 5) is 11.4. The number of hydrogen-bond acceptors (Lipinski definition) is 2. The van der Waals surface area contributed by atoms with Crippen LogP contribution in [0, 0.1) is 5.82 Å². The number of aldehydes is 1. The quantitative estimate of drug-likeness (QED) is 0.570. The molecule has 0 saturated heterocycles. The van der Waals surface area contributed by atoms with E-state index in [9.17, 15) is 9.18 Å². The van der Waals surface area contributed by atoms with Crippen LogP contribution < -0.4 is 4.74 Å². The zero-order valence-corrected chi connectivity index (χ0v) is 13.5. The molecular weight excluding hydrogens is 327 g/mol. The third-order valence-electron chi connectivity index (χ3n) is 3.62. The molecule has 0 fully saturated rings. The smallest absolute Gasteiger partial charge is 0.153 e. The van der Waals surface area contributed by atoms with Crippen LogP contribution >= 0.6 is 11.6 Å². The van der Waals surface area contributed by atoms with E-state index in [2.05, 4.69) is 0 Å². The molecule has 0 aliphatic rings. The Morgan fingerprint density at radius 2 is 1.79 bits per heavy atom. The highest BCUT2D eigenvalue weighted by atomic mass is 35.5. The molecule has 0 unspecified atom stereocenters. The average Bonchev–Trinajstić information content (AvgIpc) is 2.61. The second-order valence-electron chi connectivity index (χ2n) is 5.27. The summed E-state index contributed by atoms with van der Waals surface area (Å²) in [7, 11) is 0.